The second-order valence-corrected chi connectivity index (χ2v) is 3.64. The highest BCUT2D eigenvalue weighted by atomic mass is 79.9. The molecular formula is C9H7BrF3NO2. The molecule has 0 saturated heterocycles. The summed E-state index contributed by atoms with van der Waals surface area (Å²) in [6, 6.07) is 0.805. The Morgan fingerprint density at radius 3 is 2.56 bits per heavy atom. The van der Waals surface area contributed by atoms with Crippen LogP contribution in [0.5, 0.6) is 0 Å². The molecule has 0 aliphatic carbocycles. The van der Waals surface area contributed by atoms with Gasteiger partial charge in [0.25, 0.3) is 6.43 Å². The third-order valence-corrected chi connectivity index (χ3v) is 2.72. The number of hydrogen-bond acceptors (Lipinski definition) is 3. The zero-order valence-corrected chi connectivity index (χ0v) is 9.65. The first-order valence-corrected chi connectivity index (χ1v) is 4.83. The lowest BCUT2D eigenvalue weighted by atomic mass is 10.1. The third kappa shape index (κ3) is 2.13. The summed E-state index contributed by atoms with van der Waals surface area (Å²) in [6.07, 6.45) is -2.92. The molecule has 0 bridgehead atoms. The van der Waals surface area contributed by atoms with Crippen LogP contribution in [0.2, 0.25) is 0 Å². The summed E-state index contributed by atoms with van der Waals surface area (Å²) < 4.78 is 42.2. The summed E-state index contributed by atoms with van der Waals surface area (Å²) in [7, 11) is 1.05. The molecule has 0 saturated carbocycles. The van der Waals surface area contributed by atoms with Crippen LogP contribution in [0.25, 0.3) is 0 Å². The summed E-state index contributed by atoms with van der Waals surface area (Å²) in [5, 5.41) is 0. The molecule has 0 atom stereocenters. The largest absolute Gasteiger partial charge is 0.465 e. The van der Waals surface area contributed by atoms with Crippen molar-refractivity contribution in [1.29, 1.82) is 0 Å². The van der Waals surface area contributed by atoms with Crippen molar-refractivity contribution in [2.75, 3.05) is 12.8 Å². The van der Waals surface area contributed by atoms with Crippen LogP contribution in [0, 0.1) is 5.82 Å². The minimum Gasteiger partial charge on any atom is -0.465 e. The Morgan fingerprint density at radius 2 is 2.12 bits per heavy atom. The Hall–Kier alpha value is -1.24. The van der Waals surface area contributed by atoms with Crippen LogP contribution in [-0.4, -0.2) is 13.1 Å². The van der Waals surface area contributed by atoms with E-state index in [0.29, 0.717) is 0 Å². The van der Waals surface area contributed by atoms with Crippen LogP contribution in [-0.2, 0) is 4.74 Å². The molecule has 7 heteroatoms. The van der Waals surface area contributed by atoms with Crippen LogP contribution < -0.4 is 5.73 Å². The molecule has 1 aromatic rings. The number of carbonyl (C=O) groups excluding carboxylic acids is 1. The van der Waals surface area contributed by atoms with Crippen LogP contribution in [0.1, 0.15) is 22.3 Å². The third-order valence-electron chi connectivity index (χ3n) is 1.91. The maximum atomic E-state index is 13.4. The molecule has 1 aromatic carbocycles. The quantitative estimate of drug-likeness (QED) is 0.674. The molecule has 0 unspecified atom stereocenters. The number of nitrogens with two attached hydrogens (primary N) is 1. The van der Waals surface area contributed by atoms with Crippen LogP contribution in [0.4, 0.5) is 18.9 Å². The molecule has 0 heterocycles. The van der Waals surface area contributed by atoms with E-state index in [0.717, 1.165) is 13.2 Å². The van der Waals surface area contributed by atoms with E-state index in [2.05, 4.69) is 20.7 Å². The number of esters is 1. The predicted molar refractivity (Wildman–Crippen MR) is 54.8 cm³/mol. The number of halogens is 4. The second-order valence-electron chi connectivity index (χ2n) is 2.85. The molecule has 16 heavy (non-hydrogen) atoms. The molecular weight excluding hydrogens is 291 g/mol. The van der Waals surface area contributed by atoms with Gasteiger partial charge in [-0.2, -0.15) is 0 Å². The smallest absolute Gasteiger partial charge is 0.340 e. The normalized spacial score (nSPS) is 10.6. The summed E-state index contributed by atoms with van der Waals surface area (Å²) in [4.78, 5) is 11.1. The van der Waals surface area contributed by atoms with E-state index in [4.69, 9.17) is 5.73 Å². The van der Waals surface area contributed by atoms with Crippen molar-refractivity contribution < 1.29 is 22.7 Å². The summed E-state index contributed by atoms with van der Waals surface area (Å²) >= 11 is 2.65. The minimum atomic E-state index is -2.92. The number of methoxy groups -OCH3 is 1. The Morgan fingerprint density at radius 1 is 1.56 bits per heavy atom. The van der Waals surface area contributed by atoms with E-state index in [9.17, 15) is 18.0 Å². The highest BCUT2D eigenvalue weighted by Crippen LogP contribution is 2.34. The Bertz CT molecular complexity index is 437. The van der Waals surface area contributed by atoms with Gasteiger partial charge in [-0.3, -0.25) is 0 Å². The standard InChI is InChI=1S/C9H7BrF3NO2/c1-16-9(15)4-2-3(8(12)13)5(10)6(11)7(4)14/h2,8H,14H2,1H3. The number of benzene rings is 1. The molecule has 0 aliphatic rings. The summed E-state index contributed by atoms with van der Waals surface area (Å²) in [5.41, 5.74) is 3.69. The number of ether oxygens (including phenoxy) is 1. The lowest BCUT2D eigenvalue weighted by molar-refractivity contribution is 0.0601. The van der Waals surface area contributed by atoms with Gasteiger partial charge in [-0.1, -0.05) is 0 Å². The summed E-state index contributed by atoms with van der Waals surface area (Å²) in [5.74, 6) is -2.07. The maximum absolute atomic E-state index is 13.4. The van der Waals surface area contributed by atoms with Gasteiger partial charge < -0.3 is 10.5 Å². The molecule has 1 rings (SSSR count). The van der Waals surface area contributed by atoms with Gasteiger partial charge in [0, 0.05) is 5.56 Å². The molecule has 0 amide bonds. The molecule has 0 aliphatic heterocycles. The van der Waals surface area contributed by atoms with Crippen molar-refractivity contribution in [3.05, 3.63) is 27.5 Å². The molecule has 0 spiro atoms. The van der Waals surface area contributed by atoms with E-state index >= 15 is 0 Å². The van der Waals surface area contributed by atoms with E-state index in [1.54, 1.807) is 0 Å². The Balaban J connectivity index is 3.47. The highest BCUT2D eigenvalue weighted by Gasteiger charge is 2.23. The number of hydrogen-bond donors (Lipinski definition) is 1. The molecule has 0 aromatic heterocycles. The van der Waals surface area contributed by atoms with Crippen LogP contribution in [0.15, 0.2) is 10.5 Å². The van der Waals surface area contributed by atoms with Crippen molar-refractivity contribution in [3.8, 4) is 0 Å². The Labute approximate surface area is 97.5 Å². The van der Waals surface area contributed by atoms with Gasteiger partial charge in [0.05, 0.1) is 22.8 Å². The zero-order chi connectivity index (χ0) is 12.5. The fraction of sp³-hybridized carbons (Fsp3) is 0.222. The van der Waals surface area contributed by atoms with E-state index in [-0.39, 0.29) is 0 Å². The minimum absolute atomic E-state index is 0.418. The lowest BCUT2D eigenvalue weighted by Crippen LogP contribution is -2.09. The second kappa shape index (κ2) is 4.73. The number of nitrogen functional groups attached to an aromatic ring is 1. The van der Waals surface area contributed by atoms with Gasteiger partial charge in [-0.25, -0.2) is 18.0 Å². The first-order valence-electron chi connectivity index (χ1n) is 4.04. The van der Waals surface area contributed by atoms with Crippen molar-refractivity contribution in [2.45, 2.75) is 6.43 Å². The lowest BCUT2D eigenvalue weighted by Gasteiger charge is -2.10. The van der Waals surface area contributed by atoms with Crippen molar-refractivity contribution in [3.63, 3.8) is 0 Å². The first-order chi connectivity index (χ1) is 7.40. The first kappa shape index (κ1) is 12.8. The average Bonchev–Trinajstić information content (AvgIpc) is 2.25. The molecule has 0 fully saturated rings. The van der Waals surface area contributed by atoms with E-state index in [1.165, 1.54) is 0 Å². The van der Waals surface area contributed by atoms with E-state index < -0.39 is 39.5 Å². The van der Waals surface area contributed by atoms with Gasteiger partial charge in [0.15, 0.2) is 5.82 Å². The van der Waals surface area contributed by atoms with Gasteiger partial charge in [-0.05, 0) is 22.0 Å². The van der Waals surface area contributed by atoms with Crippen molar-refractivity contribution >= 4 is 27.6 Å². The zero-order valence-electron chi connectivity index (χ0n) is 8.06. The SMILES string of the molecule is COC(=O)c1cc(C(F)F)c(Br)c(F)c1N. The molecule has 0 radical (unpaired) electrons. The van der Waals surface area contributed by atoms with Gasteiger partial charge in [0.1, 0.15) is 0 Å². The molecule has 88 valence electrons. The average molecular weight is 298 g/mol. The van der Waals surface area contributed by atoms with Crippen LogP contribution >= 0.6 is 15.9 Å². The predicted octanol–water partition coefficient (Wildman–Crippen LogP) is 2.89. The maximum Gasteiger partial charge on any atom is 0.340 e. The number of rotatable bonds is 2. The van der Waals surface area contributed by atoms with Crippen molar-refractivity contribution in [1.82, 2.24) is 0 Å². The monoisotopic (exact) mass is 297 g/mol. The molecule has 3 nitrogen and oxygen atoms in total. The number of carbonyl (C=O) groups is 1. The molecule has 2 N–H and O–H groups in total. The number of alkyl halides is 2. The topological polar surface area (TPSA) is 52.3 Å². The number of anilines is 1. The fourth-order valence-electron chi connectivity index (χ4n) is 1.10. The van der Waals surface area contributed by atoms with Gasteiger partial charge >= 0.3 is 5.97 Å². The fourth-order valence-corrected chi connectivity index (χ4v) is 1.60. The Kier molecular flexibility index (Phi) is 3.79. The van der Waals surface area contributed by atoms with E-state index in [1.807, 2.05) is 0 Å². The van der Waals surface area contributed by atoms with Crippen LogP contribution in [0.3, 0.4) is 0 Å². The summed E-state index contributed by atoms with van der Waals surface area (Å²) in [6.45, 7) is 0. The van der Waals surface area contributed by atoms with Crippen molar-refractivity contribution in [2.24, 2.45) is 0 Å². The van der Waals surface area contributed by atoms with Gasteiger partial charge in [-0.15, -0.1) is 0 Å². The highest BCUT2D eigenvalue weighted by molar-refractivity contribution is 9.10. The van der Waals surface area contributed by atoms with Gasteiger partial charge in [0.2, 0.25) is 0 Å².